The number of hydrogen-bond donors (Lipinski definition) is 4. The summed E-state index contributed by atoms with van der Waals surface area (Å²) < 4.78 is 5.91. The van der Waals surface area contributed by atoms with E-state index in [0.29, 0.717) is 17.1 Å². The predicted octanol–water partition coefficient (Wildman–Crippen LogP) is 2.60. The zero-order valence-electron chi connectivity index (χ0n) is 16.8. The zero-order valence-corrected chi connectivity index (χ0v) is 16.8. The Balaban J connectivity index is 1.80. The lowest BCUT2D eigenvalue weighted by Crippen LogP contribution is -2.72. The van der Waals surface area contributed by atoms with E-state index in [0.717, 1.165) is 27.9 Å². The third-order valence-corrected chi connectivity index (χ3v) is 4.62. The summed E-state index contributed by atoms with van der Waals surface area (Å²) in [5.74, 6) is 3.82. The second-order valence-corrected chi connectivity index (χ2v) is 6.59. The highest BCUT2D eigenvalue weighted by Gasteiger charge is 2.12. The molecule has 0 aliphatic rings. The lowest BCUT2D eigenvalue weighted by atomic mass is 9.99. The van der Waals surface area contributed by atoms with Crippen LogP contribution in [0.1, 0.15) is 22.4 Å². The molecule has 3 rings (SSSR count). The van der Waals surface area contributed by atoms with Gasteiger partial charge in [0.15, 0.2) is 0 Å². The molecule has 0 radical (unpaired) electrons. The van der Waals surface area contributed by atoms with Crippen molar-refractivity contribution in [3.8, 4) is 23.1 Å². The largest absolute Gasteiger partial charge is 0.473 e. The highest BCUT2D eigenvalue weighted by molar-refractivity contribution is 5.89. The number of benzene rings is 2. The fraction of sp³-hybridized carbons (Fsp3) is 0.136. The molecule has 0 unspecified atom stereocenters. The van der Waals surface area contributed by atoms with Crippen LogP contribution >= 0.6 is 0 Å². The van der Waals surface area contributed by atoms with Gasteiger partial charge in [-0.2, -0.15) is 5.26 Å². The summed E-state index contributed by atoms with van der Waals surface area (Å²) in [6, 6.07) is 18.5. The maximum atomic E-state index is 11.8. The Morgan fingerprint density at radius 2 is 1.90 bits per heavy atom. The predicted molar refractivity (Wildman–Crippen MR) is 113 cm³/mol. The average molecular weight is 403 g/mol. The summed E-state index contributed by atoms with van der Waals surface area (Å²) in [5.41, 5.74) is 10.3. The van der Waals surface area contributed by atoms with Crippen molar-refractivity contribution in [2.75, 3.05) is 5.32 Å². The third-order valence-electron chi connectivity index (χ3n) is 4.62. The van der Waals surface area contributed by atoms with E-state index in [1.54, 1.807) is 18.2 Å². The molecular formula is C22H23N6O2+. The van der Waals surface area contributed by atoms with E-state index < -0.39 is 6.03 Å². The van der Waals surface area contributed by atoms with Gasteiger partial charge in [0, 0.05) is 34.1 Å². The van der Waals surface area contributed by atoms with Crippen LogP contribution in [0.2, 0.25) is 0 Å². The number of pyridine rings is 1. The van der Waals surface area contributed by atoms with Crippen LogP contribution in [0.4, 0.5) is 10.5 Å². The number of amides is 2. The smallest absolute Gasteiger partial charge is 0.337 e. The topological polar surface area (TPSA) is 127 Å². The number of aryl methyl sites for hydroxylation is 2. The van der Waals surface area contributed by atoms with Gasteiger partial charge in [0.25, 0.3) is 0 Å². The SMILES string of the molecule is Cc1cccc(NC(=O)NN[NH3+])c1COc1ccc(-c2ccccc2C#N)c(C)n1. The van der Waals surface area contributed by atoms with Gasteiger partial charge >= 0.3 is 6.03 Å². The quantitative estimate of drug-likeness (QED) is 0.471. The number of urea groups is 1. The van der Waals surface area contributed by atoms with Gasteiger partial charge in [-0.15, -0.1) is 0 Å². The summed E-state index contributed by atoms with van der Waals surface area (Å²) >= 11 is 0. The number of anilines is 1. The van der Waals surface area contributed by atoms with Crippen LogP contribution < -0.4 is 26.9 Å². The second-order valence-electron chi connectivity index (χ2n) is 6.59. The monoisotopic (exact) mass is 403 g/mol. The number of nitriles is 1. The first-order valence-corrected chi connectivity index (χ1v) is 9.31. The van der Waals surface area contributed by atoms with Crippen LogP contribution in [0.3, 0.4) is 0 Å². The number of nitrogens with one attached hydrogen (secondary N) is 3. The van der Waals surface area contributed by atoms with E-state index >= 15 is 0 Å². The van der Waals surface area contributed by atoms with Gasteiger partial charge in [0.1, 0.15) is 6.61 Å². The average Bonchev–Trinajstić information content (AvgIpc) is 2.73. The Hall–Kier alpha value is -3.93. The summed E-state index contributed by atoms with van der Waals surface area (Å²) in [4.78, 5) is 16.4. The van der Waals surface area contributed by atoms with E-state index in [1.165, 1.54) is 0 Å². The van der Waals surface area contributed by atoms with Crippen molar-refractivity contribution in [1.82, 2.24) is 15.9 Å². The number of hydrogen-bond acceptors (Lipinski definition) is 5. The Kier molecular flexibility index (Phi) is 6.60. The lowest BCUT2D eigenvalue weighted by molar-refractivity contribution is -0.452. The number of nitrogens with zero attached hydrogens (tertiary/aromatic N) is 2. The Morgan fingerprint density at radius 1 is 1.10 bits per heavy atom. The van der Waals surface area contributed by atoms with Gasteiger partial charge in [-0.3, -0.25) is 5.84 Å². The molecule has 30 heavy (non-hydrogen) atoms. The van der Waals surface area contributed by atoms with Crippen LogP contribution in [0.15, 0.2) is 54.6 Å². The molecule has 0 spiro atoms. The first-order valence-electron chi connectivity index (χ1n) is 9.31. The summed E-state index contributed by atoms with van der Waals surface area (Å²) in [6.45, 7) is 4.07. The molecule has 0 atom stereocenters. The van der Waals surface area contributed by atoms with Gasteiger partial charge in [-0.1, -0.05) is 35.9 Å². The molecule has 0 fully saturated rings. The van der Waals surface area contributed by atoms with Crippen molar-refractivity contribution in [3.63, 3.8) is 0 Å². The summed E-state index contributed by atoms with van der Waals surface area (Å²) in [7, 11) is 0. The van der Waals surface area contributed by atoms with Crippen molar-refractivity contribution in [1.29, 1.82) is 5.26 Å². The maximum Gasteiger partial charge on any atom is 0.337 e. The fourth-order valence-corrected chi connectivity index (χ4v) is 3.11. The number of carbonyl (C=O) groups excluding carboxylic acids is 1. The van der Waals surface area contributed by atoms with Gasteiger partial charge < -0.3 is 10.1 Å². The fourth-order valence-electron chi connectivity index (χ4n) is 3.11. The van der Waals surface area contributed by atoms with E-state index in [1.807, 2.05) is 50.2 Å². The molecule has 8 nitrogen and oxygen atoms in total. The third kappa shape index (κ3) is 4.72. The van der Waals surface area contributed by atoms with E-state index in [-0.39, 0.29) is 6.61 Å². The molecule has 0 aliphatic carbocycles. The molecule has 152 valence electrons. The molecule has 3 aromatic rings. The summed E-state index contributed by atoms with van der Waals surface area (Å²) in [6.07, 6.45) is 0. The number of ether oxygens (including phenoxy) is 1. The second kappa shape index (κ2) is 9.52. The van der Waals surface area contributed by atoms with Crippen LogP contribution in [0.25, 0.3) is 11.1 Å². The standard InChI is InChI=1S/C22H22N6O2/c1-14-6-5-9-20(26-22(29)27-28-24)19(14)13-30-21-11-10-17(15(2)25-21)18-8-4-3-7-16(18)12-23/h3-11,28H,13,24H2,1-2H3,(H2,26,27,29)/p+1. The maximum absolute atomic E-state index is 11.8. The molecule has 1 aromatic heterocycles. The van der Waals surface area contributed by atoms with Gasteiger partial charge in [0.05, 0.1) is 11.6 Å². The van der Waals surface area contributed by atoms with Gasteiger partial charge in [0.2, 0.25) is 5.88 Å². The Bertz CT molecular complexity index is 1110. The number of aromatic nitrogens is 1. The molecule has 0 bridgehead atoms. The van der Waals surface area contributed by atoms with Crippen molar-refractivity contribution < 1.29 is 15.4 Å². The first-order chi connectivity index (χ1) is 14.5. The number of quaternary nitrogens is 1. The van der Waals surface area contributed by atoms with E-state index in [2.05, 4.69) is 33.2 Å². The molecule has 2 amide bonds. The lowest BCUT2D eigenvalue weighted by Gasteiger charge is -2.15. The molecule has 0 aliphatic heterocycles. The zero-order chi connectivity index (χ0) is 21.5. The van der Waals surface area contributed by atoms with Crippen LogP contribution in [0.5, 0.6) is 5.88 Å². The Morgan fingerprint density at radius 3 is 2.63 bits per heavy atom. The van der Waals surface area contributed by atoms with Crippen molar-refractivity contribution in [3.05, 3.63) is 77.0 Å². The minimum absolute atomic E-state index is 0.237. The summed E-state index contributed by atoms with van der Waals surface area (Å²) in [5, 5.41) is 12.1. The minimum atomic E-state index is -0.425. The van der Waals surface area contributed by atoms with Crippen molar-refractivity contribution >= 4 is 11.7 Å². The molecule has 0 saturated heterocycles. The number of hydrazine groups is 1. The normalized spacial score (nSPS) is 10.2. The van der Waals surface area contributed by atoms with Crippen molar-refractivity contribution in [2.45, 2.75) is 20.5 Å². The number of carbonyl (C=O) groups is 1. The molecule has 6 N–H and O–H groups in total. The molecule has 1 heterocycles. The number of rotatable bonds is 6. The van der Waals surface area contributed by atoms with Crippen LogP contribution in [-0.4, -0.2) is 11.0 Å². The Labute approximate surface area is 174 Å². The highest BCUT2D eigenvalue weighted by Crippen LogP contribution is 2.28. The molecule has 8 heteroatoms. The molecular weight excluding hydrogens is 380 g/mol. The van der Waals surface area contributed by atoms with Crippen molar-refractivity contribution in [2.24, 2.45) is 0 Å². The minimum Gasteiger partial charge on any atom is -0.473 e. The van der Waals surface area contributed by atoms with Gasteiger partial charge in [-0.05, 0) is 37.6 Å². The van der Waals surface area contributed by atoms with Gasteiger partial charge in [-0.25, -0.2) is 15.2 Å². The first kappa shape index (κ1) is 20.8. The van der Waals surface area contributed by atoms with E-state index in [9.17, 15) is 10.1 Å². The molecule has 0 saturated carbocycles. The highest BCUT2D eigenvalue weighted by atomic mass is 16.5. The van der Waals surface area contributed by atoms with Crippen LogP contribution in [0, 0.1) is 25.2 Å². The van der Waals surface area contributed by atoms with E-state index in [4.69, 9.17) is 4.74 Å². The van der Waals surface area contributed by atoms with Crippen LogP contribution in [-0.2, 0) is 6.61 Å². The molecule has 2 aromatic carbocycles.